The zero-order valence-electron chi connectivity index (χ0n) is 10.5. The second-order valence-electron chi connectivity index (χ2n) is 4.11. The fourth-order valence-electron chi connectivity index (χ4n) is 1.64. The number of hydrogen-bond acceptors (Lipinski definition) is 4. The summed E-state index contributed by atoms with van der Waals surface area (Å²) in [5.74, 6) is -0.427. The van der Waals surface area contributed by atoms with Crippen molar-refractivity contribution < 1.29 is 14.3 Å². The molecule has 2 aromatic carbocycles. The molecule has 0 fully saturated rings. The van der Waals surface area contributed by atoms with Crippen LogP contribution in [0.4, 0.5) is 5.69 Å². The molecule has 20 heavy (non-hydrogen) atoms. The zero-order chi connectivity index (χ0) is 14.7. The van der Waals surface area contributed by atoms with Crippen LogP contribution in [0.5, 0.6) is 11.5 Å². The number of primary amides is 2. The Kier molecular flexibility index (Phi) is 3.56. The van der Waals surface area contributed by atoms with E-state index < -0.39 is 11.8 Å². The lowest BCUT2D eigenvalue weighted by molar-refractivity contribution is 0.0991. The van der Waals surface area contributed by atoms with Crippen LogP contribution < -0.4 is 21.9 Å². The van der Waals surface area contributed by atoms with Crippen molar-refractivity contribution in [3.05, 3.63) is 53.6 Å². The van der Waals surface area contributed by atoms with E-state index in [0.29, 0.717) is 22.7 Å². The number of carbonyl (C=O) groups is 2. The van der Waals surface area contributed by atoms with Crippen LogP contribution in [0.1, 0.15) is 20.7 Å². The molecule has 0 radical (unpaired) electrons. The Hall–Kier alpha value is -3.02. The highest BCUT2D eigenvalue weighted by atomic mass is 16.5. The minimum absolute atomic E-state index is 0.184. The quantitative estimate of drug-likeness (QED) is 0.724. The molecule has 102 valence electrons. The fraction of sp³-hybridized carbons (Fsp3) is 0. The van der Waals surface area contributed by atoms with Gasteiger partial charge in [0.15, 0.2) is 0 Å². The average molecular weight is 271 g/mol. The minimum Gasteiger partial charge on any atom is -0.457 e. The van der Waals surface area contributed by atoms with Gasteiger partial charge in [0.25, 0.3) is 5.91 Å². The zero-order valence-corrected chi connectivity index (χ0v) is 10.5. The molecular weight excluding hydrogens is 258 g/mol. The smallest absolute Gasteiger partial charge is 0.252 e. The highest BCUT2D eigenvalue weighted by molar-refractivity contribution is 5.96. The third-order valence-corrected chi connectivity index (χ3v) is 2.64. The van der Waals surface area contributed by atoms with Crippen molar-refractivity contribution in [1.29, 1.82) is 0 Å². The molecule has 0 aliphatic rings. The van der Waals surface area contributed by atoms with Gasteiger partial charge in [0, 0.05) is 11.3 Å². The molecular formula is C14H13N3O3. The molecule has 0 spiro atoms. The van der Waals surface area contributed by atoms with Crippen LogP contribution in [0, 0.1) is 0 Å². The first kappa shape index (κ1) is 13.4. The van der Waals surface area contributed by atoms with Gasteiger partial charge in [-0.2, -0.15) is 0 Å². The molecule has 0 unspecified atom stereocenters. The Balaban J connectivity index is 2.30. The second kappa shape index (κ2) is 5.31. The highest BCUT2D eigenvalue weighted by Gasteiger charge is 2.11. The van der Waals surface area contributed by atoms with E-state index in [1.54, 1.807) is 24.3 Å². The summed E-state index contributed by atoms with van der Waals surface area (Å²) in [6.07, 6.45) is 0. The summed E-state index contributed by atoms with van der Waals surface area (Å²) in [5.41, 5.74) is 17.0. The van der Waals surface area contributed by atoms with Crippen molar-refractivity contribution in [3.63, 3.8) is 0 Å². The maximum atomic E-state index is 11.3. The molecule has 2 amide bonds. The van der Waals surface area contributed by atoms with Crippen LogP contribution in [0.25, 0.3) is 0 Å². The summed E-state index contributed by atoms with van der Waals surface area (Å²) in [7, 11) is 0. The summed E-state index contributed by atoms with van der Waals surface area (Å²) in [4.78, 5) is 22.3. The Bertz CT molecular complexity index is 666. The summed E-state index contributed by atoms with van der Waals surface area (Å²) in [5, 5.41) is 0. The molecule has 0 saturated carbocycles. The molecule has 2 aromatic rings. The van der Waals surface area contributed by atoms with Crippen LogP contribution in [0.15, 0.2) is 42.5 Å². The predicted molar refractivity (Wildman–Crippen MR) is 74.4 cm³/mol. The lowest BCUT2D eigenvalue weighted by Crippen LogP contribution is -2.13. The minimum atomic E-state index is -0.638. The van der Waals surface area contributed by atoms with Crippen molar-refractivity contribution in [1.82, 2.24) is 0 Å². The second-order valence-corrected chi connectivity index (χ2v) is 4.11. The molecule has 0 saturated heterocycles. The normalized spacial score (nSPS) is 10.0. The molecule has 0 aliphatic carbocycles. The fourth-order valence-corrected chi connectivity index (χ4v) is 1.64. The lowest BCUT2D eigenvalue weighted by Gasteiger charge is -2.10. The first-order valence-corrected chi connectivity index (χ1v) is 5.74. The Morgan fingerprint density at radius 2 is 1.55 bits per heavy atom. The molecule has 0 aliphatic heterocycles. The van der Waals surface area contributed by atoms with E-state index in [1.807, 2.05) is 0 Å². The van der Waals surface area contributed by atoms with Crippen molar-refractivity contribution in [2.75, 3.05) is 5.73 Å². The third-order valence-electron chi connectivity index (χ3n) is 2.64. The number of benzene rings is 2. The van der Waals surface area contributed by atoms with Gasteiger partial charge < -0.3 is 21.9 Å². The predicted octanol–water partition coefficient (Wildman–Crippen LogP) is 1.26. The molecule has 6 nitrogen and oxygen atoms in total. The maximum Gasteiger partial charge on any atom is 0.252 e. The van der Waals surface area contributed by atoms with E-state index in [9.17, 15) is 9.59 Å². The number of rotatable bonds is 4. The van der Waals surface area contributed by atoms with E-state index in [-0.39, 0.29) is 5.56 Å². The topological polar surface area (TPSA) is 121 Å². The first-order chi connectivity index (χ1) is 9.47. The van der Waals surface area contributed by atoms with E-state index in [4.69, 9.17) is 21.9 Å². The highest BCUT2D eigenvalue weighted by Crippen LogP contribution is 2.27. The maximum absolute atomic E-state index is 11.3. The van der Waals surface area contributed by atoms with Gasteiger partial charge in [-0.25, -0.2) is 0 Å². The van der Waals surface area contributed by atoms with Gasteiger partial charge >= 0.3 is 0 Å². The van der Waals surface area contributed by atoms with Gasteiger partial charge in [-0.15, -0.1) is 0 Å². The van der Waals surface area contributed by atoms with Crippen LogP contribution >= 0.6 is 0 Å². The Morgan fingerprint density at radius 3 is 2.10 bits per heavy atom. The number of carbonyl (C=O) groups excluding carboxylic acids is 2. The number of nitrogen functional groups attached to an aromatic ring is 1. The van der Waals surface area contributed by atoms with Gasteiger partial charge in [0.2, 0.25) is 5.91 Å². The number of hydrogen-bond donors (Lipinski definition) is 3. The SMILES string of the molecule is NC(=O)c1ccc(Oc2ccc(N)cc2C(N)=O)cc1. The third kappa shape index (κ3) is 2.86. The number of anilines is 1. The molecule has 2 rings (SSSR count). The van der Waals surface area contributed by atoms with E-state index in [1.165, 1.54) is 18.2 Å². The van der Waals surface area contributed by atoms with Gasteiger partial charge in [-0.1, -0.05) is 0 Å². The van der Waals surface area contributed by atoms with Crippen molar-refractivity contribution in [3.8, 4) is 11.5 Å². The molecule has 0 bridgehead atoms. The van der Waals surface area contributed by atoms with Gasteiger partial charge in [0.1, 0.15) is 11.5 Å². The molecule has 0 aromatic heterocycles. The first-order valence-electron chi connectivity index (χ1n) is 5.74. The van der Waals surface area contributed by atoms with Gasteiger partial charge in [0.05, 0.1) is 5.56 Å². The van der Waals surface area contributed by atoms with Crippen molar-refractivity contribution in [2.24, 2.45) is 11.5 Å². The van der Waals surface area contributed by atoms with Crippen molar-refractivity contribution in [2.45, 2.75) is 0 Å². The van der Waals surface area contributed by atoms with E-state index >= 15 is 0 Å². The number of nitrogens with two attached hydrogens (primary N) is 3. The van der Waals surface area contributed by atoms with E-state index in [2.05, 4.69) is 0 Å². The largest absolute Gasteiger partial charge is 0.457 e. The standard InChI is InChI=1S/C14H13N3O3/c15-9-3-6-12(11(7-9)14(17)19)20-10-4-1-8(2-5-10)13(16)18/h1-7H,15H2,(H2,16,18)(H2,17,19). The molecule has 0 atom stereocenters. The van der Waals surface area contributed by atoms with E-state index in [0.717, 1.165) is 0 Å². The monoisotopic (exact) mass is 271 g/mol. The average Bonchev–Trinajstić information content (AvgIpc) is 2.41. The molecule has 0 heterocycles. The molecule has 6 heteroatoms. The van der Waals surface area contributed by atoms with Crippen LogP contribution in [-0.2, 0) is 0 Å². The summed E-state index contributed by atoms with van der Waals surface area (Å²) in [6.45, 7) is 0. The number of ether oxygens (including phenoxy) is 1. The van der Waals surface area contributed by atoms with Gasteiger partial charge in [-0.05, 0) is 42.5 Å². The summed E-state index contributed by atoms with van der Waals surface area (Å²) >= 11 is 0. The Morgan fingerprint density at radius 1 is 0.900 bits per heavy atom. The lowest BCUT2D eigenvalue weighted by atomic mass is 10.1. The van der Waals surface area contributed by atoms with Crippen LogP contribution in [0.2, 0.25) is 0 Å². The van der Waals surface area contributed by atoms with Crippen LogP contribution in [-0.4, -0.2) is 11.8 Å². The Labute approximate surface area is 115 Å². The summed E-state index contributed by atoms with van der Waals surface area (Å²) in [6, 6.07) is 10.8. The van der Waals surface area contributed by atoms with Gasteiger partial charge in [-0.3, -0.25) is 9.59 Å². The summed E-state index contributed by atoms with van der Waals surface area (Å²) < 4.78 is 5.55. The van der Waals surface area contributed by atoms with Crippen molar-refractivity contribution >= 4 is 17.5 Å². The molecule has 6 N–H and O–H groups in total. The number of amides is 2. The van der Waals surface area contributed by atoms with Crippen LogP contribution in [0.3, 0.4) is 0 Å².